The molecule has 0 radical (unpaired) electrons. The van der Waals surface area contributed by atoms with Crippen molar-refractivity contribution in [2.24, 2.45) is 0 Å². The summed E-state index contributed by atoms with van der Waals surface area (Å²) >= 11 is 0.908. The zero-order valence-corrected chi connectivity index (χ0v) is 16.1. The largest absolute Gasteiger partial charge is 0.326 e. The predicted molar refractivity (Wildman–Crippen MR) is 106 cm³/mol. The summed E-state index contributed by atoms with van der Waals surface area (Å²) in [5, 5.41) is 15.0. The molecule has 2 aromatic carbocycles. The van der Waals surface area contributed by atoms with E-state index in [1.54, 1.807) is 18.2 Å². The Morgan fingerprint density at radius 1 is 1.14 bits per heavy atom. The van der Waals surface area contributed by atoms with Crippen molar-refractivity contribution in [2.75, 3.05) is 10.0 Å². The first kappa shape index (κ1) is 19.5. The van der Waals surface area contributed by atoms with Crippen molar-refractivity contribution in [1.82, 2.24) is 4.98 Å². The molecule has 0 saturated heterocycles. The number of sulfonamides is 1. The molecule has 1 amide bonds. The Labute approximate surface area is 164 Å². The van der Waals surface area contributed by atoms with Crippen LogP contribution in [0.25, 0.3) is 11.3 Å². The van der Waals surface area contributed by atoms with Crippen molar-refractivity contribution in [3.8, 4) is 11.3 Å². The fourth-order valence-electron chi connectivity index (χ4n) is 2.32. The van der Waals surface area contributed by atoms with Gasteiger partial charge in [0, 0.05) is 41.4 Å². The summed E-state index contributed by atoms with van der Waals surface area (Å²) in [6, 6.07) is 12.0. The number of rotatable bonds is 6. The van der Waals surface area contributed by atoms with Gasteiger partial charge in [-0.05, 0) is 24.3 Å². The van der Waals surface area contributed by atoms with E-state index < -0.39 is 14.9 Å². The molecule has 3 aromatic rings. The normalized spacial score (nSPS) is 11.0. The second-order valence-corrected chi connectivity index (χ2v) is 8.38. The Morgan fingerprint density at radius 2 is 1.82 bits per heavy atom. The minimum Gasteiger partial charge on any atom is -0.326 e. The van der Waals surface area contributed by atoms with Gasteiger partial charge in [-0.2, -0.15) is 8.42 Å². The summed E-state index contributed by atoms with van der Waals surface area (Å²) < 4.78 is 27.3. The molecule has 11 heteroatoms. The molecule has 0 aliphatic rings. The molecule has 0 aliphatic heterocycles. The fraction of sp³-hybridized carbons (Fsp3) is 0.0588. The Hall–Kier alpha value is -3.31. The van der Waals surface area contributed by atoms with Crippen LogP contribution < -0.4 is 10.0 Å². The molecule has 0 spiro atoms. The number of hydrogen-bond donors (Lipinski definition) is 2. The van der Waals surface area contributed by atoms with Crippen LogP contribution in [0.3, 0.4) is 0 Å². The van der Waals surface area contributed by atoms with Crippen molar-refractivity contribution in [1.29, 1.82) is 0 Å². The number of hydrogen-bond acceptors (Lipinski definition) is 7. The topological polar surface area (TPSA) is 131 Å². The first-order valence-corrected chi connectivity index (χ1v) is 10.2. The van der Waals surface area contributed by atoms with Gasteiger partial charge in [0.25, 0.3) is 15.7 Å². The third-order valence-electron chi connectivity index (χ3n) is 3.52. The Morgan fingerprint density at radius 3 is 2.46 bits per heavy atom. The maximum absolute atomic E-state index is 12.5. The third-order valence-corrected chi connectivity index (χ3v) is 6.16. The standard InChI is InChI=1S/C17H14N4O5S2/c1-11(22)18-13-5-7-14(8-6-13)20-28(25,26)17-19-16(10-27-17)12-3-2-4-15(9-12)21(23)24/h2-10,20H,1H3,(H,18,22). The number of thiazole rings is 1. The van der Waals surface area contributed by atoms with Gasteiger partial charge in [0.2, 0.25) is 10.2 Å². The smallest absolute Gasteiger partial charge is 0.289 e. The summed E-state index contributed by atoms with van der Waals surface area (Å²) in [6.45, 7) is 1.37. The molecule has 0 fully saturated rings. The van der Waals surface area contributed by atoms with Gasteiger partial charge in [-0.15, -0.1) is 11.3 Å². The second-order valence-electron chi connectivity index (χ2n) is 5.67. The second kappa shape index (κ2) is 7.74. The van der Waals surface area contributed by atoms with Gasteiger partial charge >= 0.3 is 0 Å². The number of carbonyl (C=O) groups excluding carboxylic acids is 1. The predicted octanol–water partition coefficient (Wildman–Crippen LogP) is 3.48. The molecule has 0 atom stereocenters. The quantitative estimate of drug-likeness (QED) is 0.465. The lowest BCUT2D eigenvalue weighted by Crippen LogP contribution is -2.13. The van der Waals surface area contributed by atoms with Crippen LogP contribution in [0.15, 0.2) is 58.3 Å². The number of nitro groups is 1. The number of amides is 1. The number of nitro benzene ring substituents is 1. The zero-order chi connectivity index (χ0) is 20.3. The van der Waals surface area contributed by atoms with E-state index in [0.29, 0.717) is 22.6 Å². The van der Waals surface area contributed by atoms with Crippen LogP contribution in [-0.2, 0) is 14.8 Å². The minimum atomic E-state index is -3.93. The van der Waals surface area contributed by atoms with Crippen LogP contribution in [0.2, 0.25) is 0 Å². The Kier molecular flexibility index (Phi) is 5.38. The highest BCUT2D eigenvalue weighted by Gasteiger charge is 2.20. The van der Waals surface area contributed by atoms with Crippen molar-refractivity contribution in [2.45, 2.75) is 11.3 Å². The summed E-state index contributed by atoms with van der Waals surface area (Å²) in [7, 11) is -3.93. The lowest BCUT2D eigenvalue weighted by atomic mass is 10.1. The summed E-state index contributed by atoms with van der Waals surface area (Å²) in [6.07, 6.45) is 0. The summed E-state index contributed by atoms with van der Waals surface area (Å²) in [5.74, 6) is -0.232. The Bertz CT molecular complexity index is 1140. The van der Waals surface area contributed by atoms with Crippen LogP contribution in [-0.4, -0.2) is 24.2 Å². The van der Waals surface area contributed by atoms with Gasteiger partial charge in [-0.25, -0.2) is 4.98 Å². The van der Waals surface area contributed by atoms with Crippen molar-refractivity contribution >= 4 is 44.3 Å². The van der Waals surface area contributed by atoms with Crippen LogP contribution >= 0.6 is 11.3 Å². The molecule has 0 aliphatic carbocycles. The molecule has 28 heavy (non-hydrogen) atoms. The van der Waals surface area contributed by atoms with Gasteiger partial charge in [-0.3, -0.25) is 19.6 Å². The highest BCUT2D eigenvalue weighted by molar-refractivity contribution is 7.94. The lowest BCUT2D eigenvalue weighted by Gasteiger charge is -2.07. The lowest BCUT2D eigenvalue weighted by molar-refractivity contribution is -0.384. The monoisotopic (exact) mass is 418 g/mol. The van der Waals surface area contributed by atoms with Gasteiger partial charge in [-0.1, -0.05) is 12.1 Å². The summed E-state index contributed by atoms with van der Waals surface area (Å²) in [4.78, 5) is 25.5. The third kappa shape index (κ3) is 4.50. The highest BCUT2D eigenvalue weighted by Crippen LogP contribution is 2.28. The van der Waals surface area contributed by atoms with Gasteiger partial charge in [0.1, 0.15) is 0 Å². The van der Waals surface area contributed by atoms with E-state index in [2.05, 4.69) is 15.0 Å². The Balaban J connectivity index is 1.81. The number of carbonyl (C=O) groups is 1. The van der Waals surface area contributed by atoms with E-state index >= 15 is 0 Å². The van der Waals surface area contributed by atoms with E-state index in [4.69, 9.17) is 0 Å². The van der Waals surface area contributed by atoms with E-state index in [1.165, 1.54) is 42.6 Å². The van der Waals surface area contributed by atoms with Gasteiger partial charge in [0.05, 0.1) is 10.6 Å². The van der Waals surface area contributed by atoms with Gasteiger partial charge < -0.3 is 5.32 Å². The molecule has 9 nitrogen and oxygen atoms in total. The van der Waals surface area contributed by atoms with E-state index in [1.807, 2.05) is 0 Å². The SMILES string of the molecule is CC(=O)Nc1ccc(NS(=O)(=O)c2nc(-c3cccc([N+](=O)[O-])c3)cs2)cc1. The number of aromatic nitrogens is 1. The molecule has 2 N–H and O–H groups in total. The number of non-ortho nitro benzene ring substituents is 1. The zero-order valence-electron chi connectivity index (χ0n) is 14.4. The molecule has 1 heterocycles. The first-order chi connectivity index (χ1) is 13.2. The molecule has 0 bridgehead atoms. The number of nitrogens with zero attached hydrogens (tertiary/aromatic N) is 2. The van der Waals surface area contributed by atoms with Crippen LogP contribution in [0.5, 0.6) is 0 Å². The average Bonchev–Trinajstić information content (AvgIpc) is 3.14. The molecule has 0 saturated carbocycles. The average molecular weight is 418 g/mol. The van der Waals surface area contributed by atoms with E-state index in [-0.39, 0.29) is 15.9 Å². The number of anilines is 2. The van der Waals surface area contributed by atoms with E-state index in [0.717, 1.165) is 11.3 Å². The molecular formula is C17H14N4O5S2. The maximum atomic E-state index is 12.5. The van der Waals surface area contributed by atoms with E-state index in [9.17, 15) is 23.3 Å². The molecule has 144 valence electrons. The maximum Gasteiger partial charge on any atom is 0.289 e. The van der Waals surface area contributed by atoms with Crippen molar-refractivity contribution < 1.29 is 18.1 Å². The van der Waals surface area contributed by atoms with Gasteiger partial charge in [0.15, 0.2) is 0 Å². The highest BCUT2D eigenvalue weighted by atomic mass is 32.2. The number of nitrogens with one attached hydrogen (secondary N) is 2. The molecule has 0 unspecified atom stereocenters. The minimum absolute atomic E-state index is 0.104. The molecular weight excluding hydrogens is 404 g/mol. The fourth-order valence-corrected chi connectivity index (χ4v) is 4.40. The first-order valence-electron chi connectivity index (χ1n) is 7.85. The molecule has 3 rings (SSSR count). The van der Waals surface area contributed by atoms with Crippen LogP contribution in [0.4, 0.5) is 17.1 Å². The van der Waals surface area contributed by atoms with Crippen molar-refractivity contribution in [3.63, 3.8) is 0 Å². The van der Waals surface area contributed by atoms with Crippen LogP contribution in [0, 0.1) is 10.1 Å². The molecule has 1 aromatic heterocycles. The van der Waals surface area contributed by atoms with Crippen LogP contribution in [0.1, 0.15) is 6.92 Å². The number of benzene rings is 2. The summed E-state index contributed by atoms with van der Waals surface area (Å²) in [5.41, 5.74) is 1.52. The van der Waals surface area contributed by atoms with Crippen molar-refractivity contribution in [3.05, 3.63) is 64.0 Å².